The number of aromatic nitrogens is 8. The third kappa shape index (κ3) is 30.1. The van der Waals surface area contributed by atoms with Gasteiger partial charge in [0.2, 0.25) is 22.5 Å². The van der Waals surface area contributed by atoms with Crippen LogP contribution < -0.4 is 36.4 Å². The van der Waals surface area contributed by atoms with Crippen molar-refractivity contribution in [2.45, 2.75) is 140 Å². The number of hydrogen-bond donors (Lipinski definition) is 4. The van der Waals surface area contributed by atoms with Crippen LogP contribution in [0.15, 0.2) is 97.1 Å². The zero-order valence-electron chi connectivity index (χ0n) is 53.5. The molecule has 8 heterocycles. The summed E-state index contributed by atoms with van der Waals surface area (Å²) >= 11 is 26.3. The molecule has 490 valence electrons. The van der Waals surface area contributed by atoms with Gasteiger partial charge in [-0.15, -0.1) is 23.2 Å². The molecule has 90 heavy (non-hydrogen) atoms. The number of ether oxygens (including phenoxy) is 1. The van der Waals surface area contributed by atoms with Gasteiger partial charge in [-0.3, -0.25) is 0 Å². The van der Waals surface area contributed by atoms with Crippen LogP contribution in [0.5, 0.6) is 0 Å². The number of carbonyl (C=O) groups excluding carboxylic acids is 1. The summed E-state index contributed by atoms with van der Waals surface area (Å²) in [5.74, 6) is 4.41. The number of nitrogens with zero attached hydrogens (tertiary/aromatic N) is 12. The van der Waals surface area contributed by atoms with E-state index in [4.69, 9.17) is 68.5 Å². The number of nitrogen functional groups attached to an aromatic ring is 1. The molecule has 3 aromatic carbocycles. The van der Waals surface area contributed by atoms with Gasteiger partial charge < -0.3 is 46.0 Å². The summed E-state index contributed by atoms with van der Waals surface area (Å²) < 4.78 is 5.24. The van der Waals surface area contributed by atoms with Crippen LogP contribution in [-0.4, -0.2) is 127 Å². The van der Waals surface area contributed by atoms with Crippen LogP contribution in [0.2, 0.25) is 15.7 Å². The highest BCUT2D eigenvalue weighted by Crippen LogP contribution is 2.25. The van der Waals surface area contributed by atoms with Crippen LogP contribution in [-0.2, 0) is 4.74 Å². The van der Waals surface area contributed by atoms with E-state index in [9.17, 15) is 4.79 Å². The van der Waals surface area contributed by atoms with Gasteiger partial charge in [0.15, 0.2) is 0 Å². The number of anilines is 8. The van der Waals surface area contributed by atoms with Crippen LogP contribution in [0.4, 0.5) is 51.2 Å². The first kappa shape index (κ1) is 75.9. The highest BCUT2D eigenvalue weighted by atomic mass is 35.5. The van der Waals surface area contributed by atoms with Crippen molar-refractivity contribution in [2.75, 3.05) is 102 Å². The Labute approximate surface area is 560 Å². The Hall–Kier alpha value is -6.54. The number of nitrogens with one attached hydrogen (secondary N) is 3. The third-order valence-corrected chi connectivity index (χ3v) is 14.3. The van der Waals surface area contributed by atoms with Crippen molar-refractivity contribution in [3.63, 3.8) is 0 Å². The second-order valence-corrected chi connectivity index (χ2v) is 24.8. The molecule has 4 saturated heterocycles. The van der Waals surface area contributed by atoms with Crippen molar-refractivity contribution in [3.05, 3.63) is 152 Å². The van der Waals surface area contributed by atoms with E-state index in [1.54, 1.807) is 17.9 Å². The van der Waals surface area contributed by atoms with Crippen molar-refractivity contribution in [1.82, 2.24) is 50.1 Å². The van der Waals surface area contributed by atoms with E-state index in [0.717, 1.165) is 123 Å². The van der Waals surface area contributed by atoms with Crippen molar-refractivity contribution in [1.29, 1.82) is 0 Å². The maximum absolute atomic E-state index is 11.5. The molecule has 0 unspecified atom stereocenters. The number of carbonyl (C=O) groups is 1. The van der Waals surface area contributed by atoms with Crippen LogP contribution in [0, 0.1) is 48.5 Å². The van der Waals surface area contributed by atoms with Crippen LogP contribution in [0.25, 0.3) is 0 Å². The molecule has 0 radical (unpaired) electrons. The molecule has 23 heteroatoms. The number of rotatable bonds is 7. The Bertz CT molecular complexity index is 2970. The summed E-state index contributed by atoms with van der Waals surface area (Å²) in [6.45, 7) is 29.4. The lowest BCUT2D eigenvalue weighted by Gasteiger charge is -2.30. The van der Waals surface area contributed by atoms with Crippen molar-refractivity contribution in [3.8, 4) is 0 Å². The van der Waals surface area contributed by atoms with Gasteiger partial charge in [0.05, 0.1) is 5.34 Å². The smallest absolute Gasteiger partial charge is 0.410 e. The Morgan fingerprint density at radius 2 is 0.822 bits per heavy atom. The van der Waals surface area contributed by atoms with E-state index in [1.807, 2.05) is 78.8 Å². The SMILES string of the molecule is C.CC(C)(C)OC(=O)N1CCNCC1.Cc1cc(Cl)nc(Cl)n1.Cc1cc(N2CCCCC2)nc(Cl)n1.Cc1ccc(N)cc1.Cc1ccc(Nc2nc(C)cc(N3CCCCC3)n2)cc1.Cc1ccc(Nc2nc(C)cc(N3CCCCC3)n2)cc1.ClCCl. The second kappa shape index (κ2) is 40.3. The fraction of sp³-hybridized carbons (Fsp3) is 0.478. The number of halogens is 5. The largest absolute Gasteiger partial charge is 0.444 e. The standard InChI is InChI=1S/2C17H22N4.C10H14ClN3.C9H18N2O2.C7H9N.C5H4Cl2N2.CH2Cl2.CH4/c2*1-13-6-8-15(9-7-13)19-17-18-14(2)12-16(20-17)21-10-4-3-5-11-21;1-8-7-9(13-10(11)12-8)14-5-3-2-4-6-14;1-9(2,3)13-8(12)11-6-4-10-5-7-11;1-6-2-4-7(8)5-3-6;1-3-2-4(6)9-5(7)8-3;2-1-3;/h2*6-9,12H,3-5,10-11H2,1-2H3,(H,18,19,20);7H,2-6H2,1H3;10H,4-7H2,1-3H3;2-5H,8H2,1H3;2H,1H3;1H2;1H4. The van der Waals surface area contributed by atoms with Crippen LogP contribution >= 0.6 is 58.0 Å². The number of nitrogens with two attached hydrogens (primary N) is 1. The lowest BCUT2D eigenvalue weighted by Crippen LogP contribution is -2.48. The number of hydrogen-bond acceptors (Lipinski definition) is 17. The highest BCUT2D eigenvalue weighted by Gasteiger charge is 2.23. The summed E-state index contributed by atoms with van der Waals surface area (Å²) in [5, 5.41) is 10.9. The molecule has 1 amide bonds. The molecular formula is C67H95Cl5N16O2. The summed E-state index contributed by atoms with van der Waals surface area (Å²) in [7, 11) is 0. The van der Waals surface area contributed by atoms with Gasteiger partial charge in [0.1, 0.15) is 28.2 Å². The zero-order chi connectivity index (χ0) is 64.7. The van der Waals surface area contributed by atoms with Crippen molar-refractivity contribution in [2.24, 2.45) is 0 Å². The van der Waals surface area contributed by atoms with Gasteiger partial charge in [-0.25, -0.2) is 34.7 Å². The van der Waals surface area contributed by atoms with Crippen LogP contribution in [0.1, 0.15) is 125 Å². The number of amides is 1. The Morgan fingerprint density at radius 3 is 1.16 bits per heavy atom. The predicted octanol–water partition coefficient (Wildman–Crippen LogP) is 16.6. The molecule has 11 rings (SSSR count). The minimum atomic E-state index is -0.387. The van der Waals surface area contributed by atoms with Crippen LogP contribution in [0.3, 0.4) is 0 Å². The first-order valence-corrected chi connectivity index (χ1v) is 32.7. The van der Waals surface area contributed by atoms with Gasteiger partial charge in [-0.05, 0) is 193 Å². The third-order valence-electron chi connectivity index (χ3n) is 13.8. The number of piperazine rings is 1. The van der Waals surface area contributed by atoms with Gasteiger partial charge >= 0.3 is 6.09 Å². The molecule has 0 spiro atoms. The molecule has 5 N–H and O–H groups in total. The number of benzene rings is 3. The van der Waals surface area contributed by atoms with Gasteiger partial charge in [-0.1, -0.05) is 72.1 Å². The lowest BCUT2D eigenvalue weighted by molar-refractivity contribution is 0.0228. The summed E-state index contributed by atoms with van der Waals surface area (Å²) in [6.07, 6.45) is 11.3. The lowest BCUT2D eigenvalue weighted by atomic mass is 10.1. The Balaban J connectivity index is 0.000000235. The first-order valence-electron chi connectivity index (χ1n) is 30.5. The van der Waals surface area contributed by atoms with Gasteiger partial charge in [0.25, 0.3) is 0 Å². The van der Waals surface area contributed by atoms with E-state index in [-0.39, 0.29) is 29.7 Å². The quantitative estimate of drug-likeness (QED) is 0.0507. The molecule has 4 aliphatic rings. The molecular weight excluding hydrogens is 1240 g/mol. The van der Waals surface area contributed by atoms with E-state index < -0.39 is 0 Å². The number of piperidine rings is 3. The molecule has 7 aromatic rings. The minimum Gasteiger partial charge on any atom is -0.444 e. The molecule has 0 aliphatic carbocycles. The second-order valence-electron chi connectivity index (χ2n) is 23.0. The number of aryl methyl sites for hydroxylation is 7. The van der Waals surface area contributed by atoms with Crippen molar-refractivity contribution < 1.29 is 9.53 Å². The monoisotopic (exact) mass is 1330 g/mol. The normalized spacial score (nSPS) is 14.3. The molecule has 4 aromatic heterocycles. The molecule has 0 saturated carbocycles. The fourth-order valence-corrected chi connectivity index (χ4v) is 10.1. The molecule has 0 bridgehead atoms. The molecule has 4 fully saturated rings. The zero-order valence-corrected chi connectivity index (χ0v) is 57.3. The summed E-state index contributed by atoms with van der Waals surface area (Å²) in [6, 6.07) is 32.2. The van der Waals surface area contributed by atoms with Gasteiger partial charge in [-0.2, -0.15) is 9.97 Å². The molecule has 4 aliphatic heterocycles. The fourth-order valence-electron chi connectivity index (χ4n) is 9.36. The van der Waals surface area contributed by atoms with E-state index in [0.29, 0.717) is 22.3 Å². The van der Waals surface area contributed by atoms with E-state index in [1.165, 1.54) is 74.5 Å². The maximum atomic E-state index is 11.5. The number of alkyl halides is 2. The Morgan fingerprint density at radius 1 is 0.489 bits per heavy atom. The highest BCUT2D eigenvalue weighted by molar-refractivity contribution is 6.40. The Kier molecular flexibility index (Phi) is 34.0. The minimum absolute atomic E-state index is 0. The summed E-state index contributed by atoms with van der Waals surface area (Å²) in [5.41, 5.74) is 15.4. The predicted molar refractivity (Wildman–Crippen MR) is 379 cm³/mol. The molecule has 18 nitrogen and oxygen atoms in total. The first-order chi connectivity index (χ1) is 42.5. The average molecular weight is 1330 g/mol. The maximum Gasteiger partial charge on any atom is 0.410 e. The van der Waals surface area contributed by atoms with Crippen molar-refractivity contribution >= 4 is 111 Å². The molecule has 0 atom stereocenters. The van der Waals surface area contributed by atoms with E-state index in [2.05, 4.69) is 145 Å². The van der Waals surface area contributed by atoms with Gasteiger partial charge in [0, 0.05) is 123 Å². The van der Waals surface area contributed by atoms with E-state index >= 15 is 0 Å². The average Bonchev–Trinajstić information content (AvgIpc) is 2.62. The topological polar surface area (TPSA) is 204 Å². The summed E-state index contributed by atoms with van der Waals surface area (Å²) in [4.78, 5) is 54.3.